The normalized spacial score (nSPS) is 10.8. The summed E-state index contributed by atoms with van der Waals surface area (Å²) in [5.74, 6) is 0. The quantitative estimate of drug-likeness (QED) is 0.668. The molecule has 1 rings (SSSR count). The average Bonchev–Trinajstić information content (AvgIpc) is 2.66. The van der Waals surface area contributed by atoms with Crippen LogP contribution in [0.15, 0.2) is 12.4 Å². The van der Waals surface area contributed by atoms with Gasteiger partial charge in [0.25, 0.3) is 0 Å². The van der Waals surface area contributed by atoms with E-state index in [-0.39, 0.29) is 0 Å². The molecule has 2 N–H and O–H groups in total. The highest BCUT2D eigenvalue weighted by atomic mass is 15.3. The fourth-order valence-electron chi connectivity index (χ4n) is 1.70. The van der Waals surface area contributed by atoms with Gasteiger partial charge in [-0.15, -0.1) is 0 Å². The Morgan fingerprint density at radius 3 is 2.80 bits per heavy atom. The fraction of sp³-hybridized carbons (Fsp3) is 0.750. The van der Waals surface area contributed by atoms with Gasteiger partial charge < -0.3 is 5.73 Å². The zero-order chi connectivity index (χ0) is 10.9. The van der Waals surface area contributed by atoms with Crippen molar-refractivity contribution in [1.82, 2.24) is 9.78 Å². The van der Waals surface area contributed by atoms with Gasteiger partial charge in [-0.1, -0.05) is 32.6 Å². The summed E-state index contributed by atoms with van der Waals surface area (Å²) in [4.78, 5) is 0. The van der Waals surface area contributed by atoms with Crippen molar-refractivity contribution in [2.45, 2.75) is 52.0 Å². The van der Waals surface area contributed by atoms with Crippen LogP contribution in [0, 0.1) is 0 Å². The number of hydrogen-bond donors (Lipinski definition) is 1. The zero-order valence-corrected chi connectivity index (χ0v) is 9.78. The Bertz CT molecular complexity index is 255. The number of nitrogens with zero attached hydrogens (tertiary/aromatic N) is 2. The molecule has 0 radical (unpaired) electrons. The van der Waals surface area contributed by atoms with E-state index in [9.17, 15) is 0 Å². The van der Waals surface area contributed by atoms with Gasteiger partial charge in [-0.3, -0.25) is 4.68 Å². The summed E-state index contributed by atoms with van der Waals surface area (Å²) in [5.41, 5.74) is 6.74. The van der Waals surface area contributed by atoms with Crippen molar-refractivity contribution in [2.75, 3.05) is 6.54 Å². The fourth-order valence-corrected chi connectivity index (χ4v) is 1.70. The lowest BCUT2D eigenvalue weighted by molar-refractivity contribution is 0.533. The van der Waals surface area contributed by atoms with Gasteiger partial charge in [-0.25, -0.2) is 0 Å². The lowest BCUT2D eigenvalue weighted by atomic mass is 10.1. The molecule has 0 unspecified atom stereocenters. The standard InChI is InChI=1S/C12H23N3/c1-2-3-4-5-6-9-15-11-12(7-8-13)10-14-15/h10-11H,2-9,13H2,1H3. The van der Waals surface area contributed by atoms with Crippen LogP contribution in [0.5, 0.6) is 0 Å². The Hall–Kier alpha value is -0.830. The molecule has 0 fully saturated rings. The summed E-state index contributed by atoms with van der Waals surface area (Å²) in [6.45, 7) is 4.00. The largest absolute Gasteiger partial charge is 0.330 e. The molecule has 1 heterocycles. The maximum atomic E-state index is 5.49. The average molecular weight is 209 g/mol. The molecule has 0 aliphatic carbocycles. The molecule has 0 aromatic carbocycles. The van der Waals surface area contributed by atoms with Crippen molar-refractivity contribution in [3.63, 3.8) is 0 Å². The zero-order valence-electron chi connectivity index (χ0n) is 9.78. The molecule has 0 bridgehead atoms. The third-order valence-electron chi connectivity index (χ3n) is 2.61. The molecule has 0 saturated carbocycles. The Labute approximate surface area is 92.7 Å². The minimum absolute atomic E-state index is 0.711. The first-order valence-corrected chi connectivity index (χ1v) is 6.08. The van der Waals surface area contributed by atoms with Crippen LogP contribution in [0.1, 0.15) is 44.6 Å². The predicted octanol–water partition coefficient (Wildman–Crippen LogP) is 2.35. The molecule has 0 aliphatic rings. The van der Waals surface area contributed by atoms with E-state index < -0.39 is 0 Å². The second-order valence-corrected chi connectivity index (χ2v) is 4.06. The first kappa shape index (κ1) is 12.2. The van der Waals surface area contributed by atoms with Crippen LogP contribution in [-0.4, -0.2) is 16.3 Å². The monoisotopic (exact) mass is 209 g/mol. The number of rotatable bonds is 8. The van der Waals surface area contributed by atoms with Crippen molar-refractivity contribution in [3.8, 4) is 0 Å². The van der Waals surface area contributed by atoms with Crippen molar-refractivity contribution in [2.24, 2.45) is 5.73 Å². The molecule has 1 aromatic rings. The van der Waals surface area contributed by atoms with Crippen molar-refractivity contribution < 1.29 is 0 Å². The third kappa shape index (κ3) is 4.98. The first-order valence-electron chi connectivity index (χ1n) is 6.08. The van der Waals surface area contributed by atoms with Crippen molar-refractivity contribution >= 4 is 0 Å². The minimum Gasteiger partial charge on any atom is -0.330 e. The van der Waals surface area contributed by atoms with Crippen LogP contribution in [-0.2, 0) is 13.0 Å². The predicted molar refractivity (Wildman–Crippen MR) is 63.7 cm³/mol. The summed E-state index contributed by atoms with van der Waals surface area (Å²) >= 11 is 0. The molecule has 3 nitrogen and oxygen atoms in total. The van der Waals surface area contributed by atoms with E-state index in [0.29, 0.717) is 6.54 Å². The number of unbranched alkanes of at least 4 members (excludes halogenated alkanes) is 4. The Balaban J connectivity index is 2.14. The van der Waals surface area contributed by atoms with Gasteiger partial charge in [0.1, 0.15) is 0 Å². The second-order valence-electron chi connectivity index (χ2n) is 4.06. The number of nitrogens with two attached hydrogens (primary N) is 1. The summed E-state index contributed by atoms with van der Waals surface area (Å²) in [5, 5.41) is 4.31. The van der Waals surface area contributed by atoms with Crippen LogP contribution in [0.4, 0.5) is 0 Å². The van der Waals surface area contributed by atoms with Crippen LogP contribution in [0.25, 0.3) is 0 Å². The smallest absolute Gasteiger partial charge is 0.0522 e. The first-order chi connectivity index (χ1) is 7.36. The number of hydrogen-bond acceptors (Lipinski definition) is 2. The minimum atomic E-state index is 0.711. The van der Waals surface area contributed by atoms with Crippen molar-refractivity contribution in [3.05, 3.63) is 18.0 Å². The molecular weight excluding hydrogens is 186 g/mol. The molecule has 3 heteroatoms. The lowest BCUT2D eigenvalue weighted by Crippen LogP contribution is -2.02. The molecular formula is C12H23N3. The van der Waals surface area contributed by atoms with E-state index in [1.165, 1.54) is 37.7 Å². The van der Waals surface area contributed by atoms with E-state index in [2.05, 4.69) is 18.2 Å². The topological polar surface area (TPSA) is 43.8 Å². The third-order valence-corrected chi connectivity index (χ3v) is 2.61. The van der Waals surface area contributed by atoms with Gasteiger partial charge >= 0.3 is 0 Å². The number of aryl methyl sites for hydroxylation is 1. The number of aromatic nitrogens is 2. The van der Waals surface area contributed by atoms with E-state index in [0.717, 1.165) is 13.0 Å². The van der Waals surface area contributed by atoms with Crippen LogP contribution in [0.3, 0.4) is 0 Å². The highest BCUT2D eigenvalue weighted by molar-refractivity contribution is 5.03. The molecule has 0 saturated heterocycles. The second kappa shape index (κ2) is 7.46. The molecule has 0 atom stereocenters. The van der Waals surface area contributed by atoms with Crippen molar-refractivity contribution in [1.29, 1.82) is 0 Å². The van der Waals surface area contributed by atoms with Gasteiger partial charge in [0.2, 0.25) is 0 Å². The van der Waals surface area contributed by atoms with Crippen LogP contribution >= 0.6 is 0 Å². The summed E-state index contributed by atoms with van der Waals surface area (Å²) in [6.07, 6.45) is 11.6. The van der Waals surface area contributed by atoms with Crippen LogP contribution in [0.2, 0.25) is 0 Å². The summed E-state index contributed by atoms with van der Waals surface area (Å²) in [7, 11) is 0. The molecule has 0 spiro atoms. The lowest BCUT2D eigenvalue weighted by Gasteiger charge is -2.00. The molecule has 15 heavy (non-hydrogen) atoms. The Morgan fingerprint density at radius 1 is 1.27 bits per heavy atom. The van der Waals surface area contributed by atoms with Gasteiger partial charge in [0, 0.05) is 12.7 Å². The van der Waals surface area contributed by atoms with Crippen LogP contribution < -0.4 is 5.73 Å². The van der Waals surface area contributed by atoms with Gasteiger partial charge in [0.05, 0.1) is 6.20 Å². The van der Waals surface area contributed by atoms with E-state index in [1.807, 2.05) is 10.9 Å². The van der Waals surface area contributed by atoms with E-state index >= 15 is 0 Å². The summed E-state index contributed by atoms with van der Waals surface area (Å²) < 4.78 is 2.04. The van der Waals surface area contributed by atoms with Gasteiger partial charge in [-0.2, -0.15) is 5.10 Å². The molecule has 86 valence electrons. The van der Waals surface area contributed by atoms with E-state index in [1.54, 1.807) is 0 Å². The van der Waals surface area contributed by atoms with Gasteiger partial charge in [-0.05, 0) is 24.9 Å². The highest BCUT2D eigenvalue weighted by Gasteiger charge is 1.97. The highest BCUT2D eigenvalue weighted by Crippen LogP contribution is 2.05. The Kier molecular flexibility index (Phi) is 6.09. The molecule has 1 aromatic heterocycles. The maximum absolute atomic E-state index is 5.49. The van der Waals surface area contributed by atoms with Gasteiger partial charge in [0.15, 0.2) is 0 Å². The SMILES string of the molecule is CCCCCCCn1cc(CCN)cn1. The van der Waals surface area contributed by atoms with E-state index in [4.69, 9.17) is 5.73 Å². The summed E-state index contributed by atoms with van der Waals surface area (Å²) in [6, 6.07) is 0. The molecule has 0 amide bonds. The maximum Gasteiger partial charge on any atom is 0.0522 e. The Morgan fingerprint density at radius 2 is 2.07 bits per heavy atom. The molecule has 0 aliphatic heterocycles.